The Morgan fingerprint density at radius 1 is 1.15 bits per heavy atom. The zero-order chi connectivity index (χ0) is 23.6. The van der Waals surface area contributed by atoms with Crippen molar-refractivity contribution in [3.8, 4) is 10.6 Å². The molecular formula is C27H33F2N3S. The van der Waals surface area contributed by atoms with Gasteiger partial charge in [0.25, 0.3) is 0 Å². The van der Waals surface area contributed by atoms with E-state index in [0.29, 0.717) is 19.6 Å². The number of hydrogen-bond donors (Lipinski definition) is 2. The van der Waals surface area contributed by atoms with Crippen molar-refractivity contribution in [1.82, 2.24) is 15.6 Å². The Hall–Kier alpha value is -2.15. The van der Waals surface area contributed by atoms with Crippen LogP contribution in [0.4, 0.5) is 8.78 Å². The first-order valence-corrected chi connectivity index (χ1v) is 12.4. The van der Waals surface area contributed by atoms with Crippen molar-refractivity contribution in [2.45, 2.75) is 46.3 Å². The lowest BCUT2D eigenvalue weighted by Gasteiger charge is -2.32. The highest BCUT2D eigenvalue weighted by atomic mass is 32.1. The summed E-state index contributed by atoms with van der Waals surface area (Å²) in [4.78, 5) is 6.25. The van der Waals surface area contributed by atoms with Crippen molar-refractivity contribution in [3.05, 3.63) is 76.0 Å². The molecule has 33 heavy (non-hydrogen) atoms. The molecule has 1 aromatic heterocycles. The minimum absolute atomic E-state index is 0.0454. The molecule has 6 heteroatoms. The van der Waals surface area contributed by atoms with Gasteiger partial charge in [-0.3, -0.25) is 0 Å². The molecular weight excluding hydrogens is 436 g/mol. The van der Waals surface area contributed by atoms with Crippen molar-refractivity contribution in [3.63, 3.8) is 0 Å². The summed E-state index contributed by atoms with van der Waals surface area (Å²) in [6, 6.07) is 15.1. The van der Waals surface area contributed by atoms with Crippen molar-refractivity contribution in [2.24, 2.45) is 11.3 Å². The van der Waals surface area contributed by atoms with Gasteiger partial charge in [0, 0.05) is 42.4 Å². The number of benzene rings is 2. The molecule has 3 unspecified atom stereocenters. The maximum Gasteiger partial charge on any atom is 0.124 e. The summed E-state index contributed by atoms with van der Waals surface area (Å²) in [6.07, 6.45) is -0.0736. The van der Waals surface area contributed by atoms with Gasteiger partial charge in [0.15, 0.2) is 0 Å². The molecule has 3 atom stereocenters. The topological polar surface area (TPSA) is 37.0 Å². The highest BCUT2D eigenvalue weighted by Gasteiger charge is 2.34. The van der Waals surface area contributed by atoms with Gasteiger partial charge in [-0.25, -0.2) is 13.8 Å². The predicted molar refractivity (Wildman–Crippen MR) is 133 cm³/mol. The zero-order valence-corrected chi connectivity index (χ0v) is 20.6. The fourth-order valence-electron chi connectivity index (χ4n) is 4.42. The van der Waals surface area contributed by atoms with Gasteiger partial charge < -0.3 is 10.6 Å². The first-order valence-electron chi connectivity index (χ1n) is 11.6. The SMILES string of the molecule is Cc1ccc(F)cc1-c1nc(C(NCC2CNCC2F)C(C)(C)C)c(Cc2ccccc2)s1. The number of aryl methyl sites for hydroxylation is 1. The Bertz CT molecular complexity index is 1070. The molecule has 0 spiro atoms. The van der Waals surface area contributed by atoms with Crippen LogP contribution >= 0.6 is 11.3 Å². The molecule has 3 nitrogen and oxygen atoms in total. The average Bonchev–Trinajstić information content (AvgIpc) is 3.36. The van der Waals surface area contributed by atoms with Gasteiger partial charge in [-0.2, -0.15) is 0 Å². The predicted octanol–water partition coefficient (Wildman–Crippen LogP) is 6.08. The first kappa shape index (κ1) is 24.0. The van der Waals surface area contributed by atoms with Crippen LogP contribution in [0.2, 0.25) is 0 Å². The summed E-state index contributed by atoms with van der Waals surface area (Å²) < 4.78 is 28.3. The van der Waals surface area contributed by atoms with Crippen LogP contribution in [0.5, 0.6) is 0 Å². The maximum absolute atomic E-state index is 14.3. The van der Waals surface area contributed by atoms with Crippen LogP contribution < -0.4 is 10.6 Å². The Labute approximate surface area is 199 Å². The molecule has 1 aliphatic heterocycles. The van der Waals surface area contributed by atoms with Crippen molar-refractivity contribution in [2.75, 3.05) is 19.6 Å². The average molecular weight is 470 g/mol. The minimum Gasteiger partial charge on any atom is -0.313 e. The largest absolute Gasteiger partial charge is 0.313 e. The third-order valence-electron chi connectivity index (χ3n) is 6.35. The molecule has 2 N–H and O–H groups in total. The number of hydrogen-bond acceptors (Lipinski definition) is 4. The number of nitrogens with zero attached hydrogens (tertiary/aromatic N) is 1. The van der Waals surface area contributed by atoms with E-state index in [0.717, 1.165) is 33.1 Å². The Balaban J connectivity index is 1.73. The summed E-state index contributed by atoms with van der Waals surface area (Å²) >= 11 is 1.63. The van der Waals surface area contributed by atoms with Gasteiger partial charge in [0.1, 0.15) is 17.0 Å². The molecule has 176 valence electrons. The summed E-state index contributed by atoms with van der Waals surface area (Å²) in [7, 11) is 0. The second-order valence-electron chi connectivity index (χ2n) is 10.1. The van der Waals surface area contributed by atoms with Crippen molar-refractivity contribution < 1.29 is 8.78 Å². The van der Waals surface area contributed by atoms with E-state index in [1.54, 1.807) is 23.5 Å². The third kappa shape index (κ3) is 5.68. The lowest BCUT2D eigenvalue weighted by atomic mass is 9.83. The highest BCUT2D eigenvalue weighted by Crippen LogP contribution is 2.40. The Kier molecular flexibility index (Phi) is 7.27. The van der Waals surface area contributed by atoms with Crippen molar-refractivity contribution in [1.29, 1.82) is 0 Å². The fraction of sp³-hybridized carbons (Fsp3) is 0.444. The number of nitrogens with one attached hydrogen (secondary N) is 2. The molecule has 0 amide bonds. The van der Waals surface area contributed by atoms with Gasteiger partial charge >= 0.3 is 0 Å². The molecule has 0 aliphatic carbocycles. The summed E-state index contributed by atoms with van der Waals surface area (Å²) in [5.74, 6) is -0.304. The molecule has 1 aliphatic rings. The standard InChI is InChI=1S/C27H33F2N3S/c1-17-10-11-20(28)13-21(17)26-32-24(23(33-26)12-18-8-6-5-7-9-18)25(27(2,3)4)31-15-19-14-30-16-22(19)29/h5-11,13,19,22,25,30-31H,12,14-16H2,1-4H3. The van der Waals surface area contributed by atoms with E-state index in [4.69, 9.17) is 4.98 Å². The van der Waals surface area contributed by atoms with Crippen LogP contribution in [0.15, 0.2) is 48.5 Å². The first-order chi connectivity index (χ1) is 15.7. The number of aromatic nitrogens is 1. The van der Waals surface area contributed by atoms with E-state index < -0.39 is 6.17 Å². The zero-order valence-electron chi connectivity index (χ0n) is 19.8. The molecule has 2 aromatic carbocycles. The van der Waals surface area contributed by atoms with E-state index in [1.165, 1.54) is 11.6 Å². The van der Waals surface area contributed by atoms with Crippen LogP contribution in [0, 0.1) is 24.1 Å². The number of rotatable bonds is 7. The molecule has 2 heterocycles. The summed E-state index contributed by atoms with van der Waals surface area (Å²) in [6.45, 7) is 10.2. The third-order valence-corrected chi connectivity index (χ3v) is 7.45. The number of halogens is 2. The Morgan fingerprint density at radius 2 is 1.91 bits per heavy atom. The normalized spacial score (nSPS) is 19.7. The maximum atomic E-state index is 14.3. The van der Waals surface area contributed by atoms with E-state index in [2.05, 4.69) is 43.5 Å². The lowest BCUT2D eigenvalue weighted by Crippen LogP contribution is -2.38. The van der Waals surface area contributed by atoms with Gasteiger partial charge in [-0.05, 0) is 35.6 Å². The van der Waals surface area contributed by atoms with Gasteiger partial charge in [0.2, 0.25) is 0 Å². The van der Waals surface area contributed by atoms with Crippen LogP contribution in [0.1, 0.15) is 48.5 Å². The minimum atomic E-state index is -0.831. The Morgan fingerprint density at radius 3 is 2.58 bits per heavy atom. The molecule has 4 rings (SSSR count). The molecule has 3 aromatic rings. The fourth-order valence-corrected chi connectivity index (χ4v) is 5.63. The van der Waals surface area contributed by atoms with Crippen LogP contribution in [0.25, 0.3) is 10.6 Å². The van der Waals surface area contributed by atoms with E-state index in [-0.39, 0.29) is 23.2 Å². The van der Waals surface area contributed by atoms with Crippen molar-refractivity contribution >= 4 is 11.3 Å². The van der Waals surface area contributed by atoms with E-state index in [9.17, 15) is 8.78 Å². The second kappa shape index (κ2) is 10.00. The van der Waals surface area contributed by atoms with Crippen LogP contribution in [-0.2, 0) is 6.42 Å². The van der Waals surface area contributed by atoms with E-state index >= 15 is 0 Å². The van der Waals surface area contributed by atoms with Crippen LogP contribution in [0.3, 0.4) is 0 Å². The van der Waals surface area contributed by atoms with Gasteiger partial charge in [-0.1, -0.05) is 57.2 Å². The molecule has 1 saturated heterocycles. The summed E-state index contributed by atoms with van der Waals surface area (Å²) in [5.41, 5.74) is 3.89. The molecule has 0 bridgehead atoms. The second-order valence-corrected chi connectivity index (χ2v) is 11.2. The molecule has 0 saturated carbocycles. The van der Waals surface area contributed by atoms with E-state index in [1.807, 2.05) is 25.1 Å². The lowest BCUT2D eigenvalue weighted by molar-refractivity contribution is 0.225. The summed E-state index contributed by atoms with van der Waals surface area (Å²) in [5, 5.41) is 7.63. The number of alkyl halides is 1. The molecule has 1 fully saturated rings. The molecule has 0 radical (unpaired) electrons. The van der Waals surface area contributed by atoms with Crippen LogP contribution in [-0.4, -0.2) is 30.8 Å². The van der Waals surface area contributed by atoms with Gasteiger partial charge in [-0.15, -0.1) is 11.3 Å². The monoisotopic (exact) mass is 469 g/mol. The quantitative estimate of drug-likeness (QED) is 0.440. The van der Waals surface area contributed by atoms with Gasteiger partial charge in [0.05, 0.1) is 11.7 Å². The highest BCUT2D eigenvalue weighted by molar-refractivity contribution is 7.15. The number of thiazole rings is 1. The smallest absolute Gasteiger partial charge is 0.124 e.